The highest BCUT2D eigenvalue weighted by Crippen LogP contribution is 2.23. The largest absolute Gasteiger partial charge is 0.397 e. The van der Waals surface area contributed by atoms with Gasteiger partial charge in [-0.3, -0.25) is 4.79 Å². The fourth-order valence-corrected chi connectivity index (χ4v) is 1.83. The number of nitrogen functional groups attached to an aromatic ring is 1. The number of benzene rings is 1. The van der Waals surface area contributed by atoms with Crippen molar-refractivity contribution in [2.24, 2.45) is 0 Å². The summed E-state index contributed by atoms with van der Waals surface area (Å²) in [7, 11) is 5.80. The second-order valence-electron chi connectivity index (χ2n) is 4.58. The lowest BCUT2D eigenvalue weighted by atomic mass is 10.1. The SMILES string of the molecule is CN(C)CCCN(C)C(=O)c1cccc(Cl)c1N. The fourth-order valence-electron chi connectivity index (χ4n) is 1.65. The average molecular weight is 270 g/mol. The van der Waals surface area contributed by atoms with E-state index in [-0.39, 0.29) is 5.91 Å². The molecule has 0 aliphatic heterocycles. The lowest BCUT2D eigenvalue weighted by Crippen LogP contribution is -2.30. The van der Waals surface area contributed by atoms with Gasteiger partial charge in [0.1, 0.15) is 0 Å². The van der Waals surface area contributed by atoms with E-state index in [1.54, 1.807) is 30.1 Å². The number of nitrogens with zero attached hydrogens (tertiary/aromatic N) is 2. The normalized spacial score (nSPS) is 10.7. The Morgan fingerprint density at radius 2 is 1.94 bits per heavy atom. The maximum Gasteiger partial charge on any atom is 0.255 e. The van der Waals surface area contributed by atoms with Crippen LogP contribution in [0.3, 0.4) is 0 Å². The molecule has 0 aromatic heterocycles. The molecular weight excluding hydrogens is 250 g/mol. The van der Waals surface area contributed by atoms with E-state index in [1.165, 1.54) is 0 Å². The summed E-state index contributed by atoms with van der Waals surface area (Å²) in [5.41, 5.74) is 6.63. The molecule has 4 nitrogen and oxygen atoms in total. The van der Waals surface area contributed by atoms with Gasteiger partial charge < -0.3 is 15.5 Å². The minimum absolute atomic E-state index is 0.0891. The van der Waals surface area contributed by atoms with Crippen LogP contribution in [0.1, 0.15) is 16.8 Å². The lowest BCUT2D eigenvalue weighted by Gasteiger charge is -2.19. The van der Waals surface area contributed by atoms with Gasteiger partial charge in [-0.15, -0.1) is 0 Å². The minimum Gasteiger partial charge on any atom is -0.397 e. The van der Waals surface area contributed by atoms with E-state index in [0.29, 0.717) is 22.8 Å². The van der Waals surface area contributed by atoms with Gasteiger partial charge in [0.15, 0.2) is 0 Å². The molecule has 1 aromatic carbocycles. The number of amides is 1. The number of hydrogen-bond acceptors (Lipinski definition) is 3. The molecular formula is C13H20ClN3O. The van der Waals surface area contributed by atoms with Crippen molar-refractivity contribution in [2.45, 2.75) is 6.42 Å². The summed E-state index contributed by atoms with van der Waals surface area (Å²) in [6.45, 7) is 1.64. The van der Waals surface area contributed by atoms with E-state index < -0.39 is 0 Å². The van der Waals surface area contributed by atoms with Crippen LogP contribution in [0.5, 0.6) is 0 Å². The second-order valence-corrected chi connectivity index (χ2v) is 4.99. The Morgan fingerprint density at radius 1 is 1.28 bits per heavy atom. The smallest absolute Gasteiger partial charge is 0.255 e. The Balaban J connectivity index is 2.66. The standard InChI is InChI=1S/C13H20ClN3O/c1-16(2)8-5-9-17(3)13(18)10-6-4-7-11(14)12(10)15/h4,6-7H,5,8-9,15H2,1-3H3. The predicted molar refractivity (Wildman–Crippen MR) is 76.0 cm³/mol. The molecule has 2 N–H and O–H groups in total. The van der Waals surface area contributed by atoms with E-state index in [0.717, 1.165) is 13.0 Å². The third-order valence-corrected chi connectivity index (χ3v) is 3.06. The first kappa shape index (κ1) is 14.8. The van der Waals surface area contributed by atoms with Gasteiger partial charge in [0, 0.05) is 13.6 Å². The number of rotatable bonds is 5. The van der Waals surface area contributed by atoms with Crippen LogP contribution in [-0.2, 0) is 0 Å². The van der Waals surface area contributed by atoms with Gasteiger partial charge in [-0.2, -0.15) is 0 Å². The average Bonchev–Trinajstić information content (AvgIpc) is 2.31. The van der Waals surface area contributed by atoms with Crippen LogP contribution in [-0.4, -0.2) is 49.9 Å². The predicted octanol–water partition coefficient (Wildman–Crippen LogP) is 1.95. The number of halogens is 1. The fraction of sp³-hybridized carbons (Fsp3) is 0.462. The summed E-state index contributed by atoms with van der Waals surface area (Å²) < 4.78 is 0. The van der Waals surface area contributed by atoms with Gasteiger partial charge >= 0.3 is 0 Å². The molecule has 18 heavy (non-hydrogen) atoms. The molecule has 0 aliphatic rings. The summed E-state index contributed by atoms with van der Waals surface area (Å²) >= 11 is 5.91. The van der Waals surface area contributed by atoms with Gasteiger partial charge in [0.2, 0.25) is 0 Å². The lowest BCUT2D eigenvalue weighted by molar-refractivity contribution is 0.0791. The van der Waals surface area contributed by atoms with Gasteiger partial charge in [0.25, 0.3) is 5.91 Å². The summed E-state index contributed by atoms with van der Waals surface area (Å²) in [6, 6.07) is 5.12. The van der Waals surface area contributed by atoms with E-state index >= 15 is 0 Å². The molecule has 1 amide bonds. The first-order chi connectivity index (χ1) is 8.43. The Morgan fingerprint density at radius 3 is 2.56 bits per heavy atom. The molecule has 1 aromatic rings. The highest BCUT2D eigenvalue weighted by Gasteiger charge is 2.15. The third kappa shape index (κ3) is 3.89. The first-order valence-corrected chi connectivity index (χ1v) is 6.25. The van der Waals surface area contributed by atoms with E-state index in [2.05, 4.69) is 4.90 Å². The Bertz CT molecular complexity index is 421. The van der Waals surface area contributed by atoms with Crippen molar-refractivity contribution in [2.75, 3.05) is 40.0 Å². The Hall–Kier alpha value is -1.26. The maximum absolute atomic E-state index is 12.2. The molecule has 0 spiro atoms. The van der Waals surface area contributed by atoms with Crippen LogP contribution in [0.15, 0.2) is 18.2 Å². The first-order valence-electron chi connectivity index (χ1n) is 5.87. The molecule has 0 saturated carbocycles. The number of carbonyl (C=O) groups excluding carboxylic acids is 1. The summed E-state index contributed by atoms with van der Waals surface area (Å²) in [5, 5.41) is 0.419. The molecule has 0 heterocycles. The van der Waals surface area contributed by atoms with Gasteiger partial charge in [-0.1, -0.05) is 17.7 Å². The van der Waals surface area contributed by atoms with Crippen molar-refractivity contribution in [3.8, 4) is 0 Å². The van der Waals surface area contributed by atoms with Gasteiger partial charge in [0.05, 0.1) is 16.3 Å². The minimum atomic E-state index is -0.0891. The second kappa shape index (κ2) is 6.61. The summed E-state index contributed by atoms with van der Waals surface area (Å²) in [5.74, 6) is -0.0891. The zero-order chi connectivity index (χ0) is 13.7. The Labute approximate surface area is 113 Å². The zero-order valence-electron chi connectivity index (χ0n) is 11.1. The molecule has 0 aliphatic carbocycles. The van der Waals surface area contributed by atoms with Crippen LogP contribution >= 0.6 is 11.6 Å². The third-order valence-electron chi connectivity index (χ3n) is 2.73. The molecule has 1 rings (SSSR count). The molecule has 0 atom stereocenters. The number of hydrogen-bond donors (Lipinski definition) is 1. The Kier molecular flexibility index (Phi) is 5.44. The van der Waals surface area contributed by atoms with Crippen LogP contribution < -0.4 is 5.73 Å². The molecule has 0 bridgehead atoms. The number of carbonyl (C=O) groups is 1. The highest BCUT2D eigenvalue weighted by atomic mass is 35.5. The molecule has 5 heteroatoms. The molecule has 0 unspecified atom stereocenters. The van der Waals surface area contributed by atoms with E-state index in [1.807, 2.05) is 14.1 Å². The molecule has 0 saturated heterocycles. The number of nitrogens with two attached hydrogens (primary N) is 1. The van der Waals surface area contributed by atoms with Crippen molar-refractivity contribution in [1.29, 1.82) is 0 Å². The van der Waals surface area contributed by atoms with Crippen LogP contribution in [0.25, 0.3) is 0 Å². The van der Waals surface area contributed by atoms with E-state index in [4.69, 9.17) is 17.3 Å². The quantitative estimate of drug-likeness (QED) is 0.831. The van der Waals surface area contributed by atoms with Crippen molar-refractivity contribution in [3.05, 3.63) is 28.8 Å². The van der Waals surface area contributed by atoms with Crippen molar-refractivity contribution < 1.29 is 4.79 Å². The topological polar surface area (TPSA) is 49.6 Å². The molecule has 0 fully saturated rings. The van der Waals surface area contributed by atoms with Gasteiger partial charge in [-0.25, -0.2) is 0 Å². The van der Waals surface area contributed by atoms with Gasteiger partial charge in [-0.05, 0) is 39.2 Å². The van der Waals surface area contributed by atoms with Crippen molar-refractivity contribution in [3.63, 3.8) is 0 Å². The highest BCUT2D eigenvalue weighted by molar-refractivity contribution is 6.33. The number of anilines is 1. The number of para-hydroxylation sites is 1. The van der Waals surface area contributed by atoms with Crippen LogP contribution in [0.2, 0.25) is 5.02 Å². The van der Waals surface area contributed by atoms with E-state index in [9.17, 15) is 4.79 Å². The molecule has 100 valence electrons. The maximum atomic E-state index is 12.2. The molecule has 0 radical (unpaired) electrons. The zero-order valence-corrected chi connectivity index (χ0v) is 11.9. The summed E-state index contributed by atoms with van der Waals surface area (Å²) in [4.78, 5) is 15.9. The van der Waals surface area contributed by atoms with Crippen molar-refractivity contribution >= 4 is 23.2 Å². The van der Waals surface area contributed by atoms with Crippen LogP contribution in [0.4, 0.5) is 5.69 Å². The monoisotopic (exact) mass is 269 g/mol. The van der Waals surface area contributed by atoms with Crippen LogP contribution in [0, 0.1) is 0 Å². The summed E-state index contributed by atoms with van der Waals surface area (Å²) in [6.07, 6.45) is 0.926. The van der Waals surface area contributed by atoms with Crippen molar-refractivity contribution in [1.82, 2.24) is 9.80 Å².